The molecule has 2 rings (SSSR count). The van der Waals surface area contributed by atoms with Crippen molar-refractivity contribution in [2.75, 3.05) is 12.4 Å². The maximum absolute atomic E-state index is 12.3. The molecule has 0 aliphatic heterocycles. The minimum absolute atomic E-state index is 0.333. The van der Waals surface area contributed by atoms with Crippen molar-refractivity contribution < 1.29 is 14.3 Å². The lowest BCUT2D eigenvalue weighted by molar-refractivity contribution is 0.0599. The van der Waals surface area contributed by atoms with Gasteiger partial charge in [-0.15, -0.1) is 10.2 Å². The minimum Gasteiger partial charge on any atom is -0.465 e. The summed E-state index contributed by atoms with van der Waals surface area (Å²) < 4.78 is 4.76. The van der Waals surface area contributed by atoms with E-state index in [1.165, 1.54) is 18.4 Å². The fourth-order valence-electron chi connectivity index (χ4n) is 2.04. The first kappa shape index (κ1) is 15.2. The zero-order valence-electron chi connectivity index (χ0n) is 12.2. The summed E-state index contributed by atoms with van der Waals surface area (Å²) in [6.45, 7) is 5.41. The molecule has 0 aliphatic rings. The van der Waals surface area contributed by atoms with Gasteiger partial charge in [0.05, 0.1) is 12.7 Å². The lowest BCUT2D eigenvalue weighted by Crippen LogP contribution is -2.14. The zero-order valence-corrected chi connectivity index (χ0v) is 13.1. The van der Waals surface area contributed by atoms with E-state index in [2.05, 4.69) is 20.5 Å². The molecular weight excluding hydrogens is 292 g/mol. The number of nitrogens with zero attached hydrogens (tertiary/aromatic N) is 2. The smallest absolute Gasteiger partial charge is 0.339 e. The molecule has 8 heteroatoms. The second kappa shape index (κ2) is 6.04. The number of esters is 1. The summed E-state index contributed by atoms with van der Waals surface area (Å²) in [5, 5.41) is 11.5. The summed E-state index contributed by atoms with van der Waals surface area (Å²) in [6, 6.07) is 0. The van der Waals surface area contributed by atoms with Crippen LogP contribution in [-0.4, -0.2) is 34.2 Å². The number of aromatic amines is 1. The molecule has 21 heavy (non-hydrogen) atoms. The molecule has 0 spiro atoms. The largest absolute Gasteiger partial charge is 0.465 e. The molecule has 0 aliphatic carbocycles. The van der Waals surface area contributed by atoms with E-state index in [1.54, 1.807) is 13.8 Å². The van der Waals surface area contributed by atoms with Crippen molar-refractivity contribution in [2.45, 2.75) is 27.2 Å². The highest BCUT2D eigenvalue weighted by Gasteiger charge is 2.24. The van der Waals surface area contributed by atoms with Crippen molar-refractivity contribution in [3.05, 3.63) is 27.5 Å². The molecule has 112 valence electrons. The number of amides is 1. The number of nitrogens with one attached hydrogen (secondary N) is 2. The fraction of sp³-hybridized carbons (Fsp3) is 0.385. The maximum Gasteiger partial charge on any atom is 0.339 e. The Kier molecular flexibility index (Phi) is 4.37. The monoisotopic (exact) mass is 308 g/mol. The van der Waals surface area contributed by atoms with Crippen molar-refractivity contribution in [2.24, 2.45) is 0 Å². The molecule has 1 amide bonds. The molecular formula is C13H16N4O3S. The number of hydrogen-bond acceptors (Lipinski definition) is 6. The lowest BCUT2D eigenvalue weighted by atomic mass is 10.1. The summed E-state index contributed by atoms with van der Waals surface area (Å²) in [7, 11) is 1.32. The molecule has 0 atom stereocenters. The van der Waals surface area contributed by atoms with Crippen molar-refractivity contribution in [3.8, 4) is 0 Å². The SMILES string of the molecule is CCc1[nH]c(C(=O)Nc2nnc(C)s2)c(C)c1C(=O)OC. The Hall–Kier alpha value is -2.22. The van der Waals surface area contributed by atoms with E-state index >= 15 is 0 Å². The van der Waals surface area contributed by atoms with Crippen molar-refractivity contribution in [3.63, 3.8) is 0 Å². The Morgan fingerprint density at radius 3 is 2.57 bits per heavy atom. The number of aryl methyl sites for hydroxylation is 2. The van der Waals surface area contributed by atoms with Crippen LogP contribution in [-0.2, 0) is 11.2 Å². The predicted molar refractivity (Wildman–Crippen MR) is 78.8 cm³/mol. The molecule has 0 aromatic carbocycles. The molecule has 7 nitrogen and oxygen atoms in total. The third kappa shape index (κ3) is 2.94. The highest BCUT2D eigenvalue weighted by Crippen LogP contribution is 2.22. The van der Waals surface area contributed by atoms with Crippen molar-refractivity contribution in [1.29, 1.82) is 0 Å². The Bertz CT molecular complexity index is 690. The highest BCUT2D eigenvalue weighted by atomic mass is 32.1. The third-order valence-corrected chi connectivity index (χ3v) is 3.80. The number of methoxy groups -OCH3 is 1. The number of anilines is 1. The van der Waals surface area contributed by atoms with Crippen LogP contribution < -0.4 is 5.32 Å². The second-order valence-corrected chi connectivity index (χ2v) is 5.59. The summed E-state index contributed by atoms with van der Waals surface area (Å²) in [5.41, 5.74) is 1.99. The van der Waals surface area contributed by atoms with Crippen LogP contribution in [0.2, 0.25) is 0 Å². The van der Waals surface area contributed by atoms with Crippen LogP contribution >= 0.6 is 11.3 Å². The molecule has 0 saturated carbocycles. The van der Waals surface area contributed by atoms with Gasteiger partial charge >= 0.3 is 5.97 Å². The topological polar surface area (TPSA) is 97.0 Å². The Morgan fingerprint density at radius 1 is 1.33 bits per heavy atom. The first-order valence-electron chi connectivity index (χ1n) is 6.39. The van der Waals surface area contributed by atoms with E-state index in [-0.39, 0.29) is 5.91 Å². The van der Waals surface area contributed by atoms with E-state index in [0.717, 1.165) is 5.01 Å². The van der Waals surface area contributed by atoms with Crippen LogP contribution in [0.1, 0.15) is 44.0 Å². The van der Waals surface area contributed by atoms with Crippen molar-refractivity contribution >= 4 is 28.3 Å². The van der Waals surface area contributed by atoms with Crippen LogP contribution in [0.4, 0.5) is 5.13 Å². The van der Waals surface area contributed by atoms with Gasteiger partial charge in [0.15, 0.2) is 0 Å². The van der Waals surface area contributed by atoms with Crippen LogP contribution in [0.15, 0.2) is 0 Å². The van der Waals surface area contributed by atoms with Gasteiger partial charge in [-0.05, 0) is 25.8 Å². The number of carbonyl (C=O) groups is 2. The van der Waals surface area contributed by atoms with Gasteiger partial charge in [0.25, 0.3) is 5.91 Å². The number of rotatable bonds is 4. The van der Waals surface area contributed by atoms with Gasteiger partial charge in [-0.25, -0.2) is 4.79 Å². The van der Waals surface area contributed by atoms with E-state index in [0.29, 0.717) is 34.1 Å². The molecule has 2 aromatic heterocycles. The van der Waals surface area contributed by atoms with E-state index in [9.17, 15) is 9.59 Å². The average molecular weight is 308 g/mol. The number of carbonyl (C=O) groups excluding carboxylic acids is 2. The summed E-state index contributed by atoms with van der Waals surface area (Å²) in [4.78, 5) is 27.1. The Balaban J connectivity index is 2.33. The zero-order chi connectivity index (χ0) is 15.6. The normalized spacial score (nSPS) is 10.5. The van der Waals surface area contributed by atoms with Gasteiger partial charge in [-0.3, -0.25) is 10.1 Å². The maximum atomic E-state index is 12.3. The van der Waals surface area contributed by atoms with E-state index in [4.69, 9.17) is 4.74 Å². The average Bonchev–Trinajstić information content (AvgIpc) is 3.01. The molecule has 2 aromatic rings. The predicted octanol–water partition coefficient (Wildman–Crippen LogP) is 2.08. The number of hydrogen-bond donors (Lipinski definition) is 2. The first-order chi connectivity index (χ1) is 9.97. The summed E-state index contributed by atoms with van der Waals surface area (Å²) >= 11 is 1.28. The van der Waals surface area contributed by atoms with Gasteiger partial charge in [-0.1, -0.05) is 18.3 Å². The van der Waals surface area contributed by atoms with Gasteiger partial charge < -0.3 is 9.72 Å². The first-order valence-corrected chi connectivity index (χ1v) is 7.20. The van der Waals surface area contributed by atoms with Crippen LogP contribution in [0.3, 0.4) is 0 Å². The van der Waals surface area contributed by atoms with Crippen LogP contribution in [0.5, 0.6) is 0 Å². The molecule has 2 N–H and O–H groups in total. The number of ether oxygens (including phenoxy) is 1. The third-order valence-electron chi connectivity index (χ3n) is 3.04. The molecule has 0 fully saturated rings. The summed E-state index contributed by atoms with van der Waals surface area (Å²) in [6.07, 6.45) is 0.594. The quantitative estimate of drug-likeness (QED) is 0.843. The second-order valence-electron chi connectivity index (χ2n) is 4.40. The number of aromatic nitrogens is 3. The lowest BCUT2D eigenvalue weighted by Gasteiger charge is -2.01. The molecule has 2 heterocycles. The van der Waals surface area contributed by atoms with Gasteiger partial charge in [0, 0.05) is 5.69 Å². The standard InChI is InChI=1S/C13H16N4O3S/c1-5-8-9(12(19)20-4)6(2)10(14-8)11(18)15-13-17-16-7(3)21-13/h14H,5H2,1-4H3,(H,15,17,18). The number of H-pyrrole nitrogens is 1. The van der Waals surface area contributed by atoms with E-state index < -0.39 is 5.97 Å². The summed E-state index contributed by atoms with van der Waals surface area (Å²) in [5.74, 6) is -0.806. The van der Waals surface area contributed by atoms with Gasteiger partial charge in [0.2, 0.25) is 5.13 Å². The molecule has 0 bridgehead atoms. The van der Waals surface area contributed by atoms with Crippen LogP contribution in [0, 0.1) is 13.8 Å². The van der Waals surface area contributed by atoms with Crippen LogP contribution in [0.25, 0.3) is 0 Å². The van der Waals surface area contributed by atoms with Gasteiger partial charge in [0.1, 0.15) is 10.7 Å². The van der Waals surface area contributed by atoms with Crippen molar-refractivity contribution in [1.82, 2.24) is 15.2 Å². The van der Waals surface area contributed by atoms with Gasteiger partial charge in [-0.2, -0.15) is 0 Å². The molecule has 0 radical (unpaired) electrons. The molecule has 0 unspecified atom stereocenters. The fourth-order valence-corrected chi connectivity index (χ4v) is 2.62. The highest BCUT2D eigenvalue weighted by molar-refractivity contribution is 7.15. The Labute approximate surface area is 125 Å². The Morgan fingerprint density at radius 2 is 2.05 bits per heavy atom. The molecule has 0 saturated heterocycles. The van der Waals surface area contributed by atoms with E-state index in [1.807, 2.05) is 6.92 Å². The minimum atomic E-state index is -0.452.